The van der Waals surface area contributed by atoms with Crippen molar-refractivity contribution >= 4 is 31.7 Å². The lowest BCUT2D eigenvalue weighted by molar-refractivity contribution is -0.149. The van der Waals surface area contributed by atoms with E-state index in [1.165, 1.54) is 0 Å². The second-order valence-electron chi connectivity index (χ2n) is 5.86. The summed E-state index contributed by atoms with van der Waals surface area (Å²) in [6, 6.07) is 0. The van der Waals surface area contributed by atoms with E-state index in [2.05, 4.69) is 19.6 Å². The number of amides is 1. The number of hydrogen-bond donors (Lipinski definition) is 0. The minimum Gasteiger partial charge on any atom is -0.462 e. The number of allylic oxidation sites excluding steroid dienone is 1. The second kappa shape index (κ2) is 4.42. The molecule has 6 heteroatoms. The number of rotatable bonds is 3. The Kier molecular flexibility index (Phi) is 3.35. The van der Waals surface area contributed by atoms with Crippen molar-refractivity contribution in [3.8, 4) is 0 Å². The van der Waals surface area contributed by atoms with Crippen LogP contribution in [0.15, 0.2) is 10.6 Å². The summed E-state index contributed by atoms with van der Waals surface area (Å²) in [5.74, 6) is -0.317. The first kappa shape index (κ1) is 13.7. The SMILES string of the molecule is CC1=C(C(=O)OC(C)[Si](C)(C)C)N2C(=O)C[C@H]2S1. The van der Waals surface area contributed by atoms with Gasteiger partial charge in [0, 0.05) is 4.91 Å². The molecule has 2 atom stereocenters. The number of ether oxygens (including phenoxy) is 1. The van der Waals surface area contributed by atoms with Crippen molar-refractivity contribution in [1.29, 1.82) is 0 Å². The van der Waals surface area contributed by atoms with Crippen molar-refractivity contribution in [2.24, 2.45) is 0 Å². The summed E-state index contributed by atoms with van der Waals surface area (Å²) >= 11 is 1.59. The van der Waals surface area contributed by atoms with Gasteiger partial charge in [-0.1, -0.05) is 19.6 Å². The third-order valence-electron chi connectivity index (χ3n) is 3.49. The van der Waals surface area contributed by atoms with Crippen LogP contribution in [0.5, 0.6) is 0 Å². The first-order chi connectivity index (χ1) is 8.21. The fourth-order valence-electron chi connectivity index (χ4n) is 1.81. The summed E-state index contributed by atoms with van der Waals surface area (Å²) in [5, 5.41) is 0.127. The van der Waals surface area contributed by atoms with E-state index in [4.69, 9.17) is 4.74 Å². The summed E-state index contributed by atoms with van der Waals surface area (Å²) in [7, 11) is -1.51. The lowest BCUT2D eigenvalue weighted by Gasteiger charge is -2.35. The van der Waals surface area contributed by atoms with E-state index < -0.39 is 8.07 Å². The van der Waals surface area contributed by atoms with Gasteiger partial charge in [0.15, 0.2) is 0 Å². The van der Waals surface area contributed by atoms with Crippen LogP contribution in [-0.2, 0) is 14.3 Å². The molecule has 2 aliphatic heterocycles. The number of nitrogens with zero attached hydrogens (tertiary/aromatic N) is 1. The molecule has 0 aromatic heterocycles. The highest BCUT2D eigenvalue weighted by molar-refractivity contribution is 8.04. The van der Waals surface area contributed by atoms with E-state index in [-0.39, 0.29) is 23.0 Å². The van der Waals surface area contributed by atoms with E-state index in [1.807, 2.05) is 13.8 Å². The van der Waals surface area contributed by atoms with Crippen LogP contribution in [0.3, 0.4) is 0 Å². The molecule has 0 N–H and O–H groups in total. The number of thioether (sulfide) groups is 1. The third kappa shape index (κ3) is 2.23. The molecule has 0 bridgehead atoms. The van der Waals surface area contributed by atoms with Gasteiger partial charge < -0.3 is 4.74 Å². The van der Waals surface area contributed by atoms with Crippen molar-refractivity contribution in [2.45, 2.75) is 51.0 Å². The zero-order valence-corrected chi connectivity index (χ0v) is 13.3. The Hall–Kier alpha value is -0.753. The summed E-state index contributed by atoms with van der Waals surface area (Å²) in [6.45, 7) is 10.3. The molecule has 0 spiro atoms. The van der Waals surface area contributed by atoms with E-state index >= 15 is 0 Å². The first-order valence-electron chi connectivity index (χ1n) is 6.12. The minimum absolute atomic E-state index is 0.0250. The van der Waals surface area contributed by atoms with E-state index in [0.717, 1.165) is 4.91 Å². The lowest BCUT2D eigenvalue weighted by Crippen LogP contribution is -2.49. The predicted octanol–water partition coefficient (Wildman–Crippen LogP) is 2.33. The van der Waals surface area contributed by atoms with Gasteiger partial charge in [0.2, 0.25) is 5.91 Å². The highest BCUT2D eigenvalue weighted by Gasteiger charge is 2.48. The van der Waals surface area contributed by atoms with Gasteiger partial charge in [-0.3, -0.25) is 9.69 Å². The van der Waals surface area contributed by atoms with Crippen molar-refractivity contribution in [2.75, 3.05) is 0 Å². The molecule has 0 saturated carbocycles. The van der Waals surface area contributed by atoms with Crippen molar-refractivity contribution in [3.05, 3.63) is 10.6 Å². The fourth-order valence-corrected chi connectivity index (χ4v) is 3.53. The molecular weight excluding hydrogens is 266 g/mol. The summed E-state index contributed by atoms with van der Waals surface area (Å²) in [5.41, 5.74) is 0.414. The monoisotopic (exact) mass is 285 g/mol. The van der Waals surface area contributed by atoms with Crippen LogP contribution in [0.25, 0.3) is 0 Å². The summed E-state index contributed by atoms with van der Waals surface area (Å²) < 4.78 is 5.53. The van der Waals surface area contributed by atoms with Crippen LogP contribution in [0.4, 0.5) is 0 Å². The molecular formula is C12H19NO3SSi. The number of β-lactam (4-membered cyclic amide) rings is 1. The lowest BCUT2D eigenvalue weighted by atomic mass is 10.1. The molecule has 4 nitrogen and oxygen atoms in total. The molecule has 18 heavy (non-hydrogen) atoms. The molecule has 0 aromatic carbocycles. The Bertz CT molecular complexity index is 441. The molecule has 0 aliphatic carbocycles. The third-order valence-corrected chi connectivity index (χ3v) is 7.24. The van der Waals surface area contributed by atoms with Gasteiger partial charge in [0.1, 0.15) is 5.70 Å². The van der Waals surface area contributed by atoms with Gasteiger partial charge in [-0.05, 0) is 13.8 Å². The van der Waals surface area contributed by atoms with Crippen LogP contribution in [0, 0.1) is 0 Å². The largest absolute Gasteiger partial charge is 0.462 e. The molecule has 1 saturated heterocycles. The summed E-state index contributed by atoms with van der Waals surface area (Å²) in [4.78, 5) is 26.2. The van der Waals surface area contributed by atoms with Gasteiger partial charge in [-0.2, -0.15) is 0 Å². The van der Waals surface area contributed by atoms with E-state index in [9.17, 15) is 9.59 Å². The molecule has 1 fully saturated rings. The molecule has 100 valence electrons. The Morgan fingerprint density at radius 2 is 2.11 bits per heavy atom. The maximum absolute atomic E-state index is 12.2. The number of carbonyl (C=O) groups is 2. The number of esters is 1. The van der Waals surface area contributed by atoms with Crippen LogP contribution in [0.1, 0.15) is 20.3 Å². The smallest absolute Gasteiger partial charge is 0.355 e. The highest BCUT2D eigenvalue weighted by atomic mass is 32.2. The van der Waals surface area contributed by atoms with Crippen molar-refractivity contribution in [3.63, 3.8) is 0 Å². The van der Waals surface area contributed by atoms with Crippen LogP contribution in [-0.4, -0.2) is 36.0 Å². The molecule has 2 rings (SSSR count). The number of fused-ring (bicyclic) bond motifs is 1. The maximum Gasteiger partial charge on any atom is 0.355 e. The van der Waals surface area contributed by atoms with Crippen LogP contribution in [0.2, 0.25) is 19.6 Å². The van der Waals surface area contributed by atoms with E-state index in [0.29, 0.717) is 12.1 Å². The molecule has 1 unspecified atom stereocenters. The minimum atomic E-state index is -1.51. The zero-order valence-electron chi connectivity index (χ0n) is 11.4. The molecule has 2 aliphatic rings. The topological polar surface area (TPSA) is 46.6 Å². The van der Waals surface area contributed by atoms with Gasteiger partial charge >= 0.3 is 5.97 Å². The molecule has 1 amide bonds. The first-order valence-corrected chi connectivity index (χ1v) is 10.6. The molecule has 0 aromatic rings. The molecule has 2 heterocycles. The Balaban J connectivity index is 2.10. The van der Waals surface area contributed by atoms with Gasteiger partial charge in [0.05, 0.1) is 25.6 Å². The Labute approximate surface area is 113 Å². The second-order valence-corrected chi connectivity index (χ2v) is 12.8. The van der Waals surface area contributed by atoms with Crippen molar-refractivity contribution < 1.29 is 14.3 Å². The Morgan fingerprint density at radius 1 is 1.50 bits per heavy atom. The van der Waals surface area contributed by atoms with E-state index in [1.54, 1.807) is 16.7 Å². The van der Waals surface area contributed by atoms with Crippen LogP contribution < -0.4 is 0 Å². The maximum atomic E-state index is 12.2. The average molecular weight is 285 g/mol. The predicted molar refractivity (Wildman–Crippen MR) is 74.4 cm³/mol. The van der Waals surface area contributed by atoms with Crippen molar-refractivity contribution in [1.82, 2.24) is 4.90 Å². The summed E-state index contributed by atoms with van der Waals surface area (Å²) in [6.07, 6.45) is 0.530. The van der Waals surface area contributed by atoms with Crippen LogP contribution >= 0.6 is 11.8 Å². The highest BCUT2D eigenvalue weighted by Crippen LogP contribution is 2.46. The number of carbonyl (C=O) groups excluding carboxylic acids is 2. The standard InChI is InChI=1S/C12H19NO3SSi/c1-7-11(13-9(14)6-10(13)17-7)12(15)16-8(2)18(3,4)5/h8,10H,6H2,1-5H3/t8?,10-/m1/s1. The average Bonchev–Trinajstić information content (AvgIpc) is 2.48. The van der Waals surface area contributed by atoms with Gasteiger partial charge in [0.25, 0.3) is 0 Å². The number of hydrogen-bond acceptors (Lipinski definition) is 4. The normalized spacial score (nSPS) is 24.8. The van der Waals surface area contributed by atoms with Gasteiger partial charge in [-0.25, -0.2) is 4.79 Å². The zero-order chi connectivity index (χ0) is 13.7. The van der Waals surface area contributed by atoms with Gasteiger partial charge in [-0.15, -0.1) is 11.8 Å². The quantitative estimate of drug-likeness (QED) is 0.453. The fraction of sp³-hybridized carbons (Fsp3) is 0.667. The Morgan fingerprint density at radius 3 is 2.61 bits per heavy atom. The molecule has 0 radical (unpaired) electrons.